The van der Waals surface area contributed by atoms with Crippen molar-refractivity contribution < 1.29 is 23.1 Å². The number of aryl methyl sites for hydroxylation is 1. The molecule has 2 aromatic carbocycles. The zero-order valence-electron chi connectivity index (χ0n) is 16.3. The number of halogens is 2. The van der Waals surface area contributed by atoms with Gasteiger partial charge >= 0.3 is 0 Å². The molecule has 1 fully saturated rings. The number of hydrogen-bond acceptors (Lipinski definition) is 3. The lowest BCUT2D eigenvalue weighted by Gasteiger charge is -2.31. The van der Waals surface area contributed by atoms with Crippen LogP contribution in [0.4, 0.5) is 8.78 Å². The van der Waals surface area contributed by atoms with Crippen LogP contribution >= 0.6 is 0 Å². The fourth-order valence-corrected chi connectivity index (χ4v) is 3.81. The van der Waals surface area contributed by atoms with Crippen molar-refractivity contribution >= 4 is 16.9 Å². The van der Waals surface area contributed by atoms with E-state index in [9.17, 15) is 13.6 Å². The zero-order chi connectivity index (χ0) is 20.6. The Hall–Kier alpha value is -2.73. The third kappa shape index (κ3) is 4.03. The molecule has 0 bridgehead atoms. The van der Waals surface area contributed by atoms with Gasteiger partial charge in [0.05, 0.1) is 6.61 Å². The number of benzene rings is 2. The third-order valence-corrected chi connectivity index (χ3v) is 5.46. The van der Waals surface area contributed by atoms with Crippen molar-refractivity contribution in [1.29, 1.82) is 0 Å². The second kappa shape index (κ2) is 7.59. The number of hydrogen-bond donors (Lipinski definition) is 1. The van der Waals surface area contributed by atoms with Crippen LogP contribution in [-0.2, 0) is 6.42 Å². The van der Waals surface area contributed by atoms with Gasteiger partial charge in [-0.25, -0.2) is 8.78 Å². The highest BCUT2D eigenvalue weighted by Gasteiger charge is 2.35. The molecule has 2 heterocycles. The molecule has 1 amide bonds. The first kappa shape index (κ1) is 19.6. The molecule has 1 saturated heterocycles. The second-order valence-electron chi connectivity index (χ2n) is 7.62. The van der Waals surface area contributed by atoms with Gasteiger partial charge in [-0.15, -0.1) is 0 Å². The van der Waals surface area contributed by atoms with Crippen molar-refractivity contribution in [2.45, 2.75) is 32.1 Å². The van der Waals surface area contributed by atoms with E-state index in [1.54, 1.807) is 12.1 Å². The summed E-state index contributed by atoms with van der Waals surface area (Å²) in [6.07, 6.45) is -0.0825. The summed E-state index contributed by atoms with van der Waals surface area (Å²) < 4.78 is 32.4. The molecular formula is C23H23F2NO3. The summed E-state index contributed by atoms with van der Waals surface area (Å²) in [5.41, 5.74) is 4.27. The highest BCUT2D eigenvalue weighted by atomic mass is 19.3. The van der Waals surface area contributed by atoms with Crippen LogP contribution in [0.25, 0.3) is 22.1 Å². The molecule has 1 aliphatic heterocycles. The van der Waals surface area contributed by atoms with Gasteiger partial charge in [-0.3, -0.25) is 4.79 Å². The highest BCUT2D eigenvalue weighted by molar-refractivity contribution is 5.95. The average Bonchev–Trinajstić information content (AvgIpc) is 3.11. The van der Waals surface area contributed by atoms with Gasteiger partial charge in [-0.2, -0.15) is 0 Å². The zero-order valence-corrected chi connectivity index (χ0v) is 16.3. The molecule has 3 aromatic rings. The van der Waals surface area contributed by atoms with Gasteiger partial charge in [0.1, 0.15) is 11.3 Å². The second-order valence-corrected chi connectivity index (χ2v) is 7.62. The first-order valence-electron chi connectivity index (χ1n) is 9.78. The number of carbonyl (C=O) groups excluding carboxylic acids is 1. The van der Waals surface area contributed by atoms with E-state index < -0.39 is 5.92 Å². The van der Waals surface area contributed by atoms with Crippen molar-refractivity contribution in [2.75, 3.05) is 19.7 Å². The lowest BCUT2D eigenvalue weighted by atomic mass is 9.99. The molecule has 1 aromatic heterocycles. The largest absolute Gasteiger partial charge is 0.461 e. The fraction of sp³-hybridized carbons (Fsp3) is 0.348. The molecule has 4 rings (SSSR count). The highest BCUT2D eigenvalue weighted by Crippen LogP contribution is 2.31. The maximum absolute atomic E-state index is 13.3. The average molecular weight is 399 g/mol. The van der Waals surface area contributed by atoms with Gasteiger partial charge in [0.2, 0.25) is 0 Å². The number of aliphatic hydroxyl groups is 1. The number of likely N-dealkylation sites (tertiary alicyclic amines) is 1. The van der Waals surface area contributed by atoms with Gasteiger partial charge < -0.3 is 14.4 Å². The minimum Gasteiger partial charge on any atom is -0.461 e. The van der Waals surface area contributed by atoms with Crippen LogP contribution in [-0.4, -0.2) is 41.5 Å². The number of amides is 1. The standard InChI is InChI=1S/C23H23F2NO3/c1-15-12-18(13-19-14-20(6-11-27)29-21(15)19)16-2-4-17(5-3-16)22(28)26-9-7-23(24,25)8-10-26/h2-5,12-14,27H,6-11H2,1H3. The molecule has 1 N–H and O–H groups in total. The Kier molecular flexibility index (Phi) is 5.13. The molecule has 152 valence electrons. The summed E-state index contributed by atoms with van der Waals surface area (Å²) in [6.45, 7) is 2.18. The summed E-state index contributed by atoms with van der Waals surface area (Å²) in [6, 6.07) is 13.2. The van der Waals surface area contributed by atoms with E-state index in [1.165, 1.54) is 4.90 Å². The molecule has 0 spiro atoms. The number of rotatable bonds is 4. The first-order valence-corrected chi connectivity index (χ1v) is 9.78. The lowest BCUT2D eigenvalue weighted by Crippen LogP contribution is -2.42. The number of nitrogens with zero attached hydrogens (tertiary/aromatic N) is 1. The third-order valence-electron chi connectivity index (χ3n) is 5.46. The van der Waals surface area contributed by atoms with Crippen molar-refractivity contribution in [2.24, 2.45) is 0 Å². The molecule has 0 unspecified atom stereocenters. The topological polar surface area (TPSA) is 53.7 Å². The molecule has 1 aliphatic rings. The fourth-order valence-electron chi connectivity index (χ4n) is 3.81. The quantitative estimate of drug-likeness (QED) is 0.685. The number of piperidine rings is 1. The Balaban J connectivity index is 1.55. The minimum atomic E-state index is -2.67. The summed E-state index contributed by atoms with van der Waals surface area (Å²) in [5.74, 6) is -2.13. The summed E-state index contributed by atoms with van der Waals surface area (Å²) >= 11 is 0. The minimum absolute atomic E-state index is 0.0376. The summed E-state index contributed by atoms with van der Waals surface area (Å²) in [4.78, 5) is 14.1. The number of aliphatic hydroxyl groups excluding tert-OH is 1. The van der Waals surface area contributed by atoms with Crippen molar-refractivity contribution in [3.8, 4) is 11.1 Å². The lowest BCUT2D eigenvalue weighted by molar-refractivity contribution is -0.0494. The maximum atomic E-state index is 13.3. The molecule has 0 aliphatic carbocycles. The van der Waals surface area contributed by atoms with Gasteiger partial charge in [0, 0.05) is 43.3 Å². The molecular weight excluding hydrogens is 376 g/mol. The molecule has 6 heteroatoms. The first-order chi connectivity index (χ1) is 13.9. The maximum Gasteiger partial charge on any atom is 0.253 e. The Morgan fingerprint density at radius 2 is 1.79 bits per heavy atom. The Labute approximate surface area is 167 Å². The van der Waals surface area contributed by atoms with E-state index in [4.69, 9.17) is 9.52 Å². The van der Waals surface area contributed by atoms with Crippen LogP contribution in [0.1, 0.15) is 34.5 Å². The smallest absolute Gasteiger partial charge is 0.253 e. The van der Waals surface area contributed by atoms with Crippen LogP contribution in [0.2, 0.25) is 0 Å². The monoisotopic (exact) mass is 399 g/mol. The summed E-state index contributed by atoms with van der Waals surface area (Å²) in [5, 5.41) is 10.1. The molecule has 0 saturated carbocycles. The van der Waals surface area contributed by atoms with Crippen LogP contribution in [0.5, 0.6) is 0 Å². The normalized spacial score (nSPS) is 16.3. The van der Waals surface area contributed by atoms with Gasteiger partial charge in [0.15, 0.2) is 0 Å². The molecule has 0 atom stereocenters. The van der Waals surface area contributed by atoms with Crippen LogP contribution in [0.3, 0.4) is 0 Å². The number of alkyl halides is 2. The van der Waals surface area contributed by atoms with Crippen LogP contribution in [0, 0.1) is 6.92 Å². The van der Waals surface area contributed by atoms with E-state index in [2.05, 4.69) is 0 Å². The molecule has 4 nitrogen and oxygen atoms in total. The van der Waals surface area contributed by atoms with Crippen molar-refractivity contribution in [3.05, 3.63) is 59.4 Å². The van der Waals surface area contributed by atoms with Crippen LogP contribution < -0.4 is 0 Å². The Bertz CT molecular complexity index is 1030. The van der Waals surface area contributed by atoms with E-state index in [0.29, 0.717) is 12.0 Å². The molecule has 0 radical (unpaired) electrons. The number of carbonyl (C=O) groups is 1. The Morgan fingerprint density at radius 3 is 2.45 bits per heavy atom. The SMILES string of the molecule is Cc1cc(-c2ccc(C(=O)N3CCC(F)(F)CC3)cc2)cc2cc(CCO)oc12. The Morgan fingerprint density at radius 1 is 1.10 bits per heavy atom. The predicted octanol–water partition coefficient (Wildman–Crippen LogP) is 4.81. The van der Waals surface area contributed by atoms with E-state index in [-0.39, 0.29) is 38.4 Å². The van der Waals surface area contributed by atoms with Crippen molar-refractivity contribution in [1.82, 2.24) is 4.90 Å². The predicted molar refractivity (Wildman–Crippen MR) is 107 cm³/mol. The van der Waals surface area contributed by atoms with E-state index in [1.807, 2.05) is 37.3 Å². The van der Waals surface area contributed by atoms with Crippen LogP contribution in [0.15, 0.2) is 46.9 Å². The van der Waals surface area contributed by atoms with Crippen molar-refractivity contribution in [3.63, 3.8) is 0 Å². The summed E-state index contributed by atoms with van der Waals surface area (Å²) in [7, 11) is 0. The molecule has 29 heavy (non-hydrogen) atoms. The van der Waals surface area contributed by atoms with Gasteiger partial charge in [0.25, 0.3) is 11.8 Å². The van der Waals surface area contributed by atoms with Gasteiger partial charge in [-0.1, -0.05) is 12.1 Å². The number of furan rings is 1. The number of fused-ring (bicyclic) bond motifs is 1. The van der Waals surface area contributed by atoms with E-state index >= 15 is 0 Å². The van der Waals surface area contributed by atoms with E-state index in [0.717, 1.165) is 33.4 Å². The van der Waals surface area contributed by atoms with Gasteiger partial charge in [-0.05, 0) is 53.9 Å².